The summed E-state index contributed by atoms with van der Waals surface area (Å²) in [5, 5.41) is 4.00. The molecular formula is C16H13FINO. The first-order valence-corrected chi connectivity index (χ1v) is 7.37. The number of benzene rings is 2. The summed E-state index contributed by atoms with van der Waals surface area (Å²) >= 11 is 2.27. The third-order valence-electron chi connectivity index (χ3n) is 3.29. The Morgan fingerprint density at radius 1 is 1.15 bits per heavy atom. The fraction of sp³-hybridized carbons (Fsp3) is 0.125. The van der Waals surface area contributed by atoms with Gasteiger partial charge in [-0.2, -0.15) is 0 Å². The molecule has 0 fully saturated rings. The standard InChI is InChI=1S/C16H13FINO/c1-19-15(10-5-7-12(18)8-6-10)14-9-11-3-2-4-13(17)16(11)20-14/h2-9,15,19H,1H3. The van der Waals surface area contributed by atoms with Gasteiger partial charge in [-0.15, -0.1) is 0 Å². The van der Waals surface area contributed by atoms with Crippen molar-refractivity contribution in [2.45, 2.75) is 6.04 Å². The summed E-state index contributed by atoms with van der Waals surface area (Å²) in [6, 6.07) is 14.9. The SMILES string of the molecule is CNC(c1ccc(I)cc1)c1cc2cccc(F)c2o1. The second kappa shape index (κ2) is 5.54. The highest BCUT2D eigenvalue weighted by Gasteiger charge is 2.17. The largest absolute Gasteiger partial charge is 0.456 e. The Morgan fingerprint density at radius 2 is 1.90 bits per heavy atom. The summed E-state index contributed by atoms with van der Waals surface area (Å²) in [6.45, 7) is 0. The molecule has 0 amide bonds. The van der Waals surface area contributed by atoms with Gasteiger partial charge in [0, 0.05) is 8.96 Å². The van der Waals surface area contributed by atoms with Crippen molar-refractivity contribution in [1.29, 1.82) is 0 Å². The van der Waals surface area contributed by atoms with Gasteiger partial charge in [0.05, 0.1) is 6.04 Å². The zero-order valence-electron chi connectivity index (χ0n) is 10.9. The number of hydrogen-bond acceptors (Lipinski definition) is 2. The Hall–Kier alpha value is -1.40. The smallest absolute Gasteiger partial charge is 0.169 e. The average molecular weight is 381 g/mol. The molecule has 1 heterocycles. The third kappa shape index (κ3) is 2.45. The molecule has 0 bridgehead atoms. The van der Waals surface area contributed by atoms with E-state index in [0.717, 1.165) is 10.9 Å². The van der Waals surface area contributed by atoms with Crippen LogP contribution in [0.2, 0.25) is 0 Å². The molecule has 0 aliphatic carbocycles. The minimum atomic E-state index is -0.328. The molecule has 0 aliphatic rings. The van der Waals surface area contributed by atoms with Crippen LogP contribution in [0.15, 0.2) is 52.9 Å². The van der Waals surface area contributed by atoms with Crippen LogP contribution in [0.4, 0.5) is 4.39 Å². The van der Waals surface area contributed by atoms with E-state index in [4.69, 9.17) is 4.42 Å². The van der Waals surface area contributed by atoms with Crippen LogP contribution in [0, 0.1) is 9.39 Å². The Kier molecular flexibility index (Phi) is 3.76. The zero-order chi connectivity index (χ0) is 14.1. The Balaban J connectivity index is 2.07. The lowest BCUT2D eigenvalue weighted by Crippen LogP contribution is -2.16. The summed E-state index contributed by atoms with van der Waals surface area (Å²) in [7, 11) is 1.87. The molecule has 2 aromatic carbocycles. The van der Waals surface area contributed by atoms with Crippen molar-refractivity contribution in [3.63, 3.8) is 0 Å². The van der Waals surface area contributed by atoms with E-state index in [9.17, 15) is 4.39 Å². The first-order valence-electron chi connectivity index (χ1n) is 6.29. The van der Waals surface area contributed by atoms with Crippen molar-refractivity contribution in [2.75, 3.05) is 7.05 Å². The maximum absolute atomic E-state index is 13.7. The van der Waals surface area contributed by atoms with Crippen LogP contribution in [-0.4, -0.2) is 7.05 Å². The van der Waals surface area contributed by atoms with Crippen LogP contribution < -0.4 is 5.32 Å². The molecule has 2 nitrogen and oxygen atoms in total. The molecule has 0 saturated heterocycles. The number of para-hydroxylation sites is 1. The van der Waals surface area contributed by atoms with E-state index in [-0.39, 0.29) is 11.9 Å². The van der Waals surface area contributed by atoms with Crippen molar-refractivity contribution in [3.05, 3.63) is 69.2 Å². The van der Waals surface area contributed by atoms with Crippen molar-refractivity contribution >= 4 is 33.6 Å². The number of halogens is 2. The van der Waals surface area contributed by atoms with Crippen molar-refractivity contribution in [3.8, 4) is 0 Å². The molecule has 3 rings (SSSR count). The van der Waals surface area contributed by atoms with E-state index in [1.165, 1.54) is 9.64 Å². The first kappa shape index (κ1) is 13.6. The highest BCUT2D eigenvalue weighted by Crippen LogP contribution is 2.29. The molecule has 102 valence electrons. The molecule has 0 aliphatic heterocycles. The molecule has 3 aromatic rings. The second-order valence-electron chi connectivity index (χ2n) is 4.58. The lowest BCUT2D eigenvalue weighted by Gasteiger charge is -2.13. The molecule has 1 atom stereocenters. The fourth-order valence-electron chi connectivity index (χ4n) is 2.32. The van der Waals surface area contributed by atoms with Gasteiger partial charge in [0.15, 0.2) is 11.4 Å². The van der Waals surface area contributed by atoms with E-state index in [1.807, 2.05) is 43.4 Å². The van der Waals surface area contributed by atoms with Crippen LogP contribution in [-0.2, 0) is 0 Å². The van der Waals surface area contributed by atoms with Gasteiger partial charge in [-0.3, -0.25) is 0 Å². The number of furan rings is 1. The third-order valence-corrected chi connectivity index (χ3v) is 4.01. The highest BCUT2D eigenvalue weighted by molar-refractivity contribution is 14.1. The van der Waals surface area contributed by atoms with Crippen LogP contribution in [0.1, 0.15) is 17.4 Å². The van der Waals surface area contributed by atoms with Crippen molar-refractivity contribution in [1.82, 2.24) is 5.32 Å². The van der Waals surface area contributed by atoms with Gasteiger partial charge in [-0.05, 0) is 59.5 Å². The topological polar surface area (TPSA) is 25.2 Å². The Bertz CT molecular complexity index is 736. The van der Waals surface area contributed by atoms with E-state index in [2.05, 4.69) is 27.9 Å². The van der Waals surface area contributed by atoms with Gasteiger partial charge in [-0.25, -0.2) is 4.39 Å². The van der Waals surface area contributed by atoms with Gasteiger partial charge in [0.2, 0.25) is 0 Å². The molecule has 20 heavy (non-hydrogen) atoms. The lowest BCUT2D eigenvalue weighted by molar-refractivity contribution is 0.476. The lowest BCUT2D eigenvalue weighted by atomic mass is 10.0. The van der Waals surface area contributed by atoms with Gasteiger partial charge < -0.3 is 9.73 Å². The van der Waals surface area contributed by atoms with Crippen LogP contribution in [0.3, 0.4) is 0 Å². The van der Waals surface area contributed by atoms with Gasteiger partial charge in [-0.1, -0.05) is 24.3 Å². The fourth-order valence-corrected chi connectivity index (χ4v) is 2.68. The van der Waals surface area contributed by atoms with Gasteiger partial charge >= 0.3 is 0 Å². The first-order chi connectivity index (χ1) is 9.69. The summed E-state index contributed by atoms with van der Waals surface area (Å²) < 4.78 is 20.6. The van der Waals surface area contributed by atoms with Crippen molar-refractivity contribution in [2.24, 2.45) is 0 Å². The van der Waals surface area contributed by atoms with E-state index >= 15 is 0 Å². The highest BCUT2D eigenvalue weighted by atomic mass is 127. The summed E-state index contributed by atoms with van der Waals surface area (Å²) in [5.41, 5.74) is 1.40. The van der Waals surface area contributed by atoms with Gasteiger partial charge in [0.1, 0.15) is 5.76 Å². The zero-order valence-corrected chi connectivity index (χ0v) is 13.0. The molecule has 4 heteroatoms. The molecule has 0 radical (unpaired) electrons. The van der Waals surface area contributed by atoms with E-state index < -0.39 is 0 Å². The van der Waals surface area contributed by atoms with Gasteiger partial charge in [0.25, 0.3) is 0 Å². The molecule has 1 aromatic heterocycles. The Labute approximate surface area is 130 Å². The molecular weight excluding hydrogens is 368 g/mol. The maximum Gasteiger partial charge on any atom is 0.169 e. The molecule has 0 spiro atoms. The molecule has 1 N–H and O–H groups in total. The van der Waals surface area contributed by atoms with Crippen molar-refractivity contribution < 1.29 is 8.81 Å². The molecule has 0 saturated carbocycles. The number of rotatable bonds is 3. The Morgan fingerprint density at radius 3 is 2.55 bits per heavy atom. The predicted octanol–water partition coefficient (Wildman–Crippen LogP) is 4.49. The maximum atomic E-state index is 13.7. The van der Waals surface area contributed by atoms with E-state index in [0.29, 0.717) is 11.3 Å². The number of nitrogens with one attached hydrogen (secondary N) is 1. The number of fused-ring (bicyclic) bond motifs is 1. The minimum Gasteiger partial charge on any atom is -0.456 e. The molecule has 1 unspecified atom stereocenters. The van der Waals surface area contributed by atoms with Crippen LogP contribution in [0.5, 0.6) is 0 Å². The predicted molar refractivity (Wildman–Crippen MR) is 86.2 cm³/mol. The monoisotopic (exact) mass is 381 g/mol. The summed E-state index contributed by atoms with van der Waals surface area (Å²) in [6.07, 6.45) is 0. The van der Waals surface area contributed by atoms with Crippen LogP contribution in [0.25, 0.3) is 11.0 Å². The second-order valence-corrected chi connectivity index (χ2v) is 5.83. The average Bonchev–Trinajstić information content (AvgIpc) is 2.87. The normalized spacial score (nSPS) is 12.8. The minimum absolute atomic E-state index is 0.0844. The summed E-state index contributed by atoms with van der Waals surface area (Å²) in [4.78, 5) is 0. The summed E-state index contributed by atoms with van der Waals surface area (Å²) in [5.74, 6) is 0.389. The van der Waals surface area contributed by atoms with E-state index in [1.54, 1.807) is 6.07 Å². The quantitative estimate of drug-likeness (QED) is 0.677. The van der Waals surface area contributed by atoms with Crippen LogP contribution >= 0.6 is 22.6 Å². The number of hydrogen-bond donors (Lipinski definition) is 1.